The second kappa shape index (κ2) is 3.55. The Kier molecular flexibility index (Phi) is 2.90. The summed E-state index contributed by atoms with van der Waals surface area (Å²) in [6.45, 7) is 10.9. The van der Waals surface area contributed by atoms with E-state index in [4.69, 9.17) is 4.74 Å². The Bertz CT molecular complexity index is 111. The van der Waals surface area contributed by atoms with Gasteiger partial charge >= 0.3 is 0 Å². The lowest BCUT2D eigenvalue weighted by Gasteiger charge is -2.48. The molecule has 0 aromatic heterocycles. The van der Waals surface area contributed by atoms with Crippen LogP contribution >= 0.6 is 0 Å². The zero-order chi connectivity index (χ0) is 8.32. The lowest BCUT2D eigenvalue weighted by Crippen LogP contribution is -2.61. The molecule has 0 aromatic rings. The smallest absolute Gasteiger partial charge is 0.0675 e. The normalized spacial score (nSPS) is 21.8. The summed E-state index contributed by atoms with van der Waals surface area (Å²) in [5.41, 5.74) is 0.392. The first-order valence-electron chi connectivity index (χ1n) is 4.62. The van der Waals surface area contributed by atoms with Crippen molar-refractivity contribution in [1.82, 2.24) is 4.90 Å². The van der Waals surface area contributed by atoms with Crippen molar-refractivity contribution in [3.05, 3.63) is 0 Å². The van der Waals surface area contributed by atoms with E-state index in [1.165, 1.54) is 6.42 Å². The van der Waals surface area contributed by atoms with Crippen LogP contribution in [0.3, 0.4) is 0 Å². The summed E-state index contributed by atoms with van der Waals surface area (Å²) in [5, 5.41) is 0. The predicted octanol–water partition coefficient (Wildman–Crippen LogP) is 1.51. The fraction of sp³-hybridized carbons (Fsp3) is 1.00. The molecule has 1 heterocycles. The Morgan fingerprint density at radius 3 is 1.82 bits per heavy atom. The summed E-state index contributed by atoms with van der Waals surface area (Å²) in [6, 6.07) is 0. The minimum absolute atomic E-state index is 0.392. The third kappa shape index (κ3) is 1.42. The van der Waals surface area contributed by atoms with Gasteiger partial charge in [0.2, 0.25) is 0 Å². The van der Waals surface area contributed by atoms with Crippen LogP contribution < -0.4 is 0 Å². The van der Waals surface area contributed by atoms with Crippen molar-refractivity contribution in [2.75, 3.05) is 26.3 Å². The molecule has 0 aliphatic carbocycles. The van der Waals surface area contributed by atoms with E-state index >= 15 is 0 Å². The number of ether oxygens (including phenoxy) is 1. The minimum Gasteiger partial charge on any atom is -0.377 e. The lowest BCUT2D eigenvalue weighted by atomic mass is 9.91. The zero-order valence-electron chi connectivity index (χ0n) is 7.89. The fourth-order valence-corrected chi connectivity index (χ4v) is 1.84. The van der Waals surface area contributed by atoms with Crippen LogP contribution in [-0.4, -0.2) is 36.7 Å². The molecule has 0 unspecified atom stereocenters. The highest BCUT2D eigenvalue weighted by Crippen LogP contribution is 2.27. The molecule has 11 heavy (non-hydrogen) atoms. The van der Waals surface area contributed by atoms with Gasteiger partial charge < -0.3 is 4.74 Å². The average Bonchev–Trinajstić information content (AvgIpc) is 1.96. The molecule has 2 heteroatoms. The second-order valence-electron chi connectivity index (χ2n) is 3.24. The SMILES string of the molecule is CCN(CC)C1(CC)COC1. The minimum atomic E-state index is 0.392. The molecule has 1 aliphatic rings. The number of nitrogens with zero attached hydrogens (tertiary/aromatic N) is 1. The number of likely N-dealkylation sites (N-methyl/N-ethyl adjacent to an activating group) is 1. The summed E-state index contributed by atoms with van der Waals surface area (Å²) in [6.07, 6.45) is 1.22. The van der Waals surface area contributed by atoms with Gasteiger partial charge in [-0.15, -0.1) is 0 Å². The molecule has 66 valence electrons. The molecule has 0 amide bonds. The summed E-state index contributed by atoms with van der Waals surface area (Å²) in [4.78, 5) is 2.51. The van der Waals surface area contributed by atoms with Crippen LogP contribution in [0.15, 0.2) is 0 Å². The Morgan fingerprint density at radius 2 is 1.73 bits per heavy atom. The van der Waals surface area contributed by atoms with Crippen molar-refractivity contribution in [1.29, 1.82) is 0 Å². The first kappa shape index (κ1) is 9.01. The maximum atomic E-state index is 5.27. The topological polar surface area (TPSA) is 12.5 Å². The van der Waals surface area contributed by atoms with Crippen LogP contribution in [0.1, 0.15) is 27.2 Å². The number of hydrogen-bond acceptors (Lipinski definition) is 2. The van der Waals surface area contributed by atoms with Gasteiger partial charge in [0.15, 0.2) is 0 Å². The van der Waals surface area contributed by atoms with Crippen LogP contribution in [-0.2, 0) is 4.74 Å². The van der Waals surface area contributed by atoms with Crippen LogP contribution in [0.4, 0.5) is 0 Å². The third-order valence-electron chi connectivity index (χ3n) is 2.83. The molecule has 0 bridgehead atoms. The second-order valence-corrected chi connectivity index (χ2v) is 3.24. The largest absolute Gasteiger partial charge is 0.377 e. The summed E-state index contributed by atoms with van der Waals surface area (Å²) in [7, 11) is 0. The van der Waals surface area contributed by atoms with E-state index in [0.29, 0.717) is 5.54 Å². The molecule has 1 saturated heterocycles. The highest BCUT2D eigenvalue weighted by atomic mass is 16.5. The molecule has 1 aliphatic heterocycles. The van der Waals surface area contributed by atoms with E-state index in [1.807, 2.05) is 0 Å². The van der Waals surface area contributed by atoms with Crippen LogP contribution in [0.5, 0.6) is 0 Å². The quantitative estimate of drug-likeness (QED) is 0.613. The first-order valence-corrected chi connectivity index (χ1v) is 4.62. The molecule has 0 aromatic carbocycles. The zero-order valence-corrected chi connectivity index (χ0v) is 7.89. The number of hydrogen-bond donors (Lipinski definition) is 0. The van der Waals surface area contributed by atoms with Crippen molar-refractivity contribution in [3.8, 4) is 0 Å². The van der Waals surface area contributed by atoms with E-state index < -0.39 is 0 Å². The standard InChI is InChI=1S/C9H19NO/c1-4-9(7-11-8-9)10(5-2)6-3/h4-8H2,1-3H3. The van der Waals surface area contributed by atoms with Crippen LogP contribution in [0, 0.1) is 0 Å². The molecular weight excluding hydrogens is 138 g/mol. The Hall–Kier alpha value is -0.0800. The van der Waals surface area contributed by atoms with Gasteiger partial charge in [-0.1, -0.05) is 20.8 Å². The van der Waals surface area contributed by atoms with Gasteiger partial charge in [0.25, 0.3) is 0 Å². The Labute approximate surface area is 69.5 Å². The van der Waals surface area contributed by atoms with Gasteiger partial charge in [-0.25, -0.2) is 0 Å². The molecule has 0 spiro atoms. The van der Waals surface area contributed by atoms with E-state index in [0.717, 1.165) is 26.3 Å². The van der Waals surface area contributed by atoms with Gasteiger partial charge in [-0.3, -0.25) is 4.90 Å². The maximum Gasteiger partial charge on any atom is 0.0675 e. The third-order valence-corrected chi connectivity index (χ3v) is 2.83. The maximum absolute atomic E-state index is 5.27. The molecule has 0 N–H and O–H groups in total. The molecule has 0 atom stereocenters. The van der Waals surface area contributed by atoms with Crippen molar-refractivity contribution in [3.63, 3.8) is 0 Å². The molecule has 1 rings (SSSR count). The van der Waals surface area contributed by atoms with Gasteiger partial charge in [0, 0.05) is 0 Å². The summed E-state index contributed by atoms with van der Waals surface area (Å²) < 4.78 is 5.27. The average molecular weight is 157 g/mol. The summed E-state index contributed by atoms with van der Waals surface area (Å²) >= 11 is 0. The predicted molar refractivity (Wildman–Crippen MR) is 46.8 cm³/mol. The first-order chi connectivity index (χ1) is 5.29. The molecule has 0 radical (unpaired) electrons. The highest BCUT2D eigenvalue weighted by molar-refractivity contribution is 4.94. The van der Waals surface area contributed by atoms with Crippen LogP contribution in [0.2, 0.25) is 0 Å². The van der Waals surface area contributed by atoms with Gasteiger partial charge in [-0.05, 0) is 19.5 Å². The van der Waals surface area contributed by atoms with Gasteiger partial charge in [-0.2, -0.15) is 0 Å². The highest BCUT2D eigenvalue weighted by Gasteiger charge is 2.40. The van der Waals surface area contributed by atoms with Crippen molar-refractivity contribution >= 4 is 0 Å². The summed E-state index contributed by atoms with van der Waals surface area (Å²) in [5.74, 6) is 0. The number of rotatable bonds is 4. The monoisotopic (exact) mass is 157 g/mol. The Balaban J connectivity index is 2.51. The van der Waals surface area contributed by atoms with Crippen molar-refractivity contribution < 1.29 is 4.74 Å². The van der Waals surface area contributed by atoms with Crippen LogP contribution in [0.25, 0.3) is 0 Å². The molecule has 2 nitrogen and oxygen atoms in total. The van der Waals surface area contributed by atoms with E-state index in [9.17, 15) is 0 Å². The fourth-order valence-electron chi connectivity index (χ4n) is 1.84. The van der Waals surface area contributed by atoms with E-state index in [-0.39, 0.29) is 0 Å². The lowest BCUT2D eigenvalue weighted by molar-refractivity contribution is -0.139. The van der Waals surface area contributed by atoms with Gasteiger partial charge in [0.1, 0.15) is 0 Å². The van der Waals surface area contributed by atoms with Crippen molar-refractivity contribution in [2.24, 2.45) is 0 Å². The molecule has 1 fully saturated rings. The molecule has 0 saturated carbocycles. The Morgan fingerprint density at radius 1 is 1.18 bits per heavy atom. The van der Waals surface area contributed by atoms with E-state index in [1.54, 1.807) is 0 Å². The van der Waals surface area contributed by atoms with Gasteiger partial charge in [0.05, 0.1) is 18.8 Å². The molecular formula is C9H19NO. The van der Waals surface area contributed by atoms with E-state index in [2.05, 4.69) is 25.7 Å². The van der Waals surface area contributed by atoms with Crippen molar-refractivity contribution in [2.45, 2.75) is 32.7 Å².